The lowest BCUT2D eigenvalue weighted by molar-refractivity contribution is -0.384. The predicted octanol–water partition coefficient (Wildman–Crippen LogP) is 5.18. The van der Waals surface area contributed by atoms with Gasteiger partial charge in [0.05, 0.1) is 4.92 Å². The number of anilines is 2. The number of rotatable bonds is 6. The highest BCUT2D eigenvalue weighted by Gasteiger charge is 2.27. The summed E-state index contributed by atoms with van der Waals surface area (Å²) in [7, 11) is 0. The Morgan fingerprint density at radius 1 is 0.800 bits per heavy atom. The van der Waals surface area contributed by atoms with Crippen molar-refractivity contribution >= 4 is 23.0 Å². The molecule has 40 heavy (non-hydrogen) atoms. The largest absolute Gasteiger partial charge is 0.368 e. The van der Waals surface area contributed by atoms with E-state index in [1.165, 1.54) is 11.1 Å². The first-order chi connectivity index (χ1) is 19.2. The van der Waals surface area contributed by atoms with E-state index in [9.17, 15) is 14.9 Å². The Balaban J connectivity index is 1.22. The minimum absolute atomic E-state index is 0.0482. The molecule has 0 aliphatic carbocycles. The zero-order valence-electron chi connectivity index (χ0n) is 23.8. The molecule has 0 aromatic heterocycles. The number of nitro groups is 1. The standard InChI is InChI=1S/C32H39N5O3/c1-32(2,3)27-11-9-26(10-12-27)31(38)36-21-19-34(20-22-36)28-13-14-29(37(39)40)30(23-28)35-17-15-33(16-18-35)24-25-7-5-4-6-8-25/h4-14,23H,15-22,24H2,1-3H3. The molecule has 8 nitrogen and oxygen atoms in total. The molecule has 210 valence electrons. The van der Waals surface area contributed by atoms with Crippen molar-refractivity contribution in [2.75, 3.05) is 62.2 Å². The third kappa shape index (κ3) is 6.28. The number of piperazine rings is 2. The molecule has 3 aromatic carbocycles. The summed E-state index contributed by atoms with van der Waals surface area (Å²) in [6.07, 6.45) is 0. The van der Waals surface area contributed by atoms with Gasteiger partial charge in [-0.2, -0.15) is 0 Å². The lowest BCUT2D eigenvalue weighted by atomic mass is 9.86. The first-order valence-corrected chi connectivity index (χ1v) is 14.1. The van der Waals surface area contributed by atoms with Crippen molar-refractivity contribution in [3.63, 3.8) is 0 Å². The van der Waals surface area contributed by atoms with E-state index in [2.05, 4.69) is 59.7 Å². The zero-order chi connectivity index (χ0) is 28.3. The van der Waals surface area contributed by atoms with Gasteiger partial charge in [-0.15, -0.1) is 0 Å². The fourth-order valence-electron chi connectivity index (χ4n) is 5.57. The Hall–Kier alpha value is -3.91. The van der Waals surface area contributed by atoms with E-state index in [-0.39, 0.29) is 21.9 Å². The van der Waals surface area contributed by atoms with E-state index in [4.69, 9.17) is 0 Å². The molecule has 0 unspecified atom stereocenters. The minimum Gasteiger partial charge on any atom is -0.368 e. The topological polar surface area (TPSA) is 73.2 Å². The molecule has 2 saturated heterocycles. The molecule has 2 aliphatic heterocycles. The third-order valence-corrected chi connectivity index (χ3v) is 8.05. The van der Waals surface area contributed by atoms with Gasteiger partial charge in [-0.25, -0.2) is 0 Å². The van der Waals surface area contributed by atoms with Crippen LogP contribution in [0.3, 0.4) is 0 Å². The lowest BCUT2D eigenvalue weighted by Gasteiger charge is -2.38. The van der Waals surface area contributed by atoms with Crippen LogP contribution in [-0.4, -0.2) is 73.0 Å². The van der Waals surface area contributed by atoms with Crippen molar-refractivity contribution in [1.29, 1.82) is 0 Å². The van der Waals surface area contributed by atoms with Crippen molar-refractivity contribution in [2.45, 2.75) is 32.7 Å². The van der Waals surface area contributed by atoms with Gasteiger partial charge in [-0.1, -0.05) is 63.2 Å². The number of benzene rings is 3. The molecular formula is C32H39N5O3. The Bertz CT molecular complexity index is 1320. The maximum absolute atomic E-state index is 13.1. The van der Waals surface area contributed by atoms with Crippen LogP contribution in [0.15, 0.2) is 72.8 Å². The van der Waals surface area contributed by atoms with Crippen LogP contribution in [0.25, 0.3) is 0 Å². The molecule has 2 heterocycles. The van der Waals surface area contributed by atoms with E-state index in [1.54, 1.807) is 6.07 Å². The smallest absolute Gasteiger partial charge is 0.292 e. The first-order valence-electron chi connectivity index (χ1n) is 14.1. The van der Waals surface area contributed by atoms with E-state index in [1.807, 2.05) is 47.4 Å². The number of carbonyl (C=O) groups is 1. The van der Waals surface area contributed by atoms with E-state index < -0.39 is 0 Å². The van der Waals surface area contributed by atoms with Gasteiger partial charge in [0.25, 0.3) is 11.6 Å². The average Bonchev–Trinajstić information content (AvgIpc) is 2.97. The molecule has 3 aromatic rings. The van der Waals surface area contributed by atoms with Crippen LogP contribution < -0.4 is 9.80 Å². The minimum atomic E-state index is -0.281. The third-order valence-electron chi connectivity index (χ3n) is 8.05. The molecule has 2 aliphatic rings. The predicted molar refractivity (Wildman–Crippen MR) is 160 cm³/mol. The van der Waals surface area contributed by atoms with Crippen molar-refractivity contribution in [1.82, 2.24) is 9.80 Å². The van der Waals surface area contributed by atoms with E-state index >= 15 is 0 Å². The lowest BCUT2D eigenvalue weighted by Crippen LogP contribution is -2.49. The monoisotopic (exact) mass is 541 g/mol. The second-order valence-corrected chi connectivity index (χ2v) is 11.8. The molecule has 2 fully saturated rings. The second kappa shape index (κ2) is 11.7. The highest BCUT2D eigenvalue weighted by Crippen LogP contribution is 2.34. The fourth-order valence-corrected chi connectivity index (χ4v) is 5.57. The summed E-state index contributed by atoms with van der Waals surface area (Å²) < 4.78 is 0. The van der Waals surface area contributed by atoms with Crippen LogP contribution in [0.1, 0.15) is 42.3 Å². The van der Waals surface area contributed by atoms with E-state index in [0.29, 0.717) is 37.4 Å². The summed E-state index contributed by atoms with van der Waals surface area (Å²) in [5, 5.41) is 11.9. The van der Waals surface area contributed by atoms with Crippen LogP contribution in [0.5, 0.6) is 0 Å². The molecule has 0 radical (unpaired) electrons. The van der Waals surface area contributed by atoms with Gasteiger partial charge in [0.1, 0.15) is 5.69 Å². The molecular weight excluding hydrogens is 502 g/mol. The van der Waals surface area contributed by atoms with Crippen LogP contribution in [0.4, 0.5) is 17.1 Å². The highest BCUT2D eigenvalue weighted by molar-refractivity contribution is 5.94. The Labute approximate surface area is 236 Å². The number of nitrogens with zero attached hydrogens (tertiary/aromatic N) is 5. The van der Waals surface area contributed by atoms with Gasteiger partial charge in [-0.05, 0) is 40.8 Å². The van der Waals surface area contributed by atoms with Crippen molar-refractivity contribution < 1.29 is 9.72 Å². The molecule has 0 atom stereocenters. The highest BCUT2D eigenvalue weighted by atomic mass is 16.6. The number of nitro benzene ring substituents is 1. The second-order valence-electron chi connectivity index (χ2n) is 11.8. The maximum Gasteiger partial charge on any atom is 0.292 e. The summed E-state index contributed by atoms with van der Waals surface area (Å²) in [4.78, 5) is 33.4. The average molecular weight is 542 g/mol. The number of hydrogen-bond donors (Lipinski definition) is 0. The molecule has 1 amide bonds. The molecule has 0 spiro atoms. The molecule has 0 N–H and O–H groups in total. The molecule has 5 rings (SSSR count). The van der Waals surface area contributed by atoms with Crippen LogP contribution in [0, 0.1) is 10.1 Å². The number of amides is 1. The number of hydrogen-bond acceptors (Lipinski definition) is 6. The summed E-state index contributed by atoms with van der Waals surface area (Å²) in [6, 6.07) is 23.8. The summed E-state index contributed by atoms with van der Waals surface area (Å²) in [5.41, 5.74) is 5.04. The molecule has 0 saturated carbocycles. The fraction of sp³-hybridized carbons (Fsp3) is 0.406. The SMILES string of the molecule is CC(C)(C)c1ccc(C(=O)N2CCN(c3ccc([N+](=O)[O-])c(N4CCN(Cc5ccccc5)CC4)c3)CC2)cc1. The summed E-state index contributed by atoms with van der Waals surface area (Å²) in [6.45, 7) is 13.2. The van der Waals surface area contributed by atoms with Gasteiger partial charge in [-0.3, -0.25) is 19.8 Å². The van der Waals surface area contributed by atoms with Crippen LogP contribution in [-0.2, 0) is 12.0 Å². The first kappa shape index (κ1) is 27.6. The van der Waals surface area contributed by atoms with Gasteiger partial charge in [0, 0.05) is 76.2 Å². The zero-order valence-corrected chi connectivity index (χ0v) is 23.8. The van der Waals surface area contributed by atoms with Crippen LogP contribution >= 0.6 is 0 Å². The normalized spacial score (nSPS) is 16.7. The van der Waals surface area contributed by atoms with Gasteiger partial charge >= 0.3 is 0 Å². The van der Waals surface area contributed by atoms with Crippen molar-refractivity contribution in [2.24, 2.45) is 0 Å². The number of carbonyl (C=O) groups excluding carboxylic acids is 1. The Kier molecular flexibility index (Phi) is 8.07. The van der Waals surface area contributed by atoms with Crippen LogP contribution in [0.2, 0.25) is 0 Å². The van der Waals surface area contributed by atoms with Crippen molar-refractivity contribution in [3.8, 4) is 0 Å². The quantitative estimate of drug-likeness (QED) is 0.316. The Morgan fingerprint density at radius 3 is 2.02 bits per heavy atom. The van der Waals surface area contributed by atoms with Gasteiger partial charge < -0.3 is 14.7 Å². The Morgan fingerprint density at radius 2 is 1.43 bits per heavy atom. The van der Waals surface area contributed by atoms with Gasteiger partial charge in [0.15, 0.2) is 0 Å². The maximum atomic E-state index is 13.1. The molecule has 0 bridgehead atoms. The summed E-state index contributed by atoms with van der Waals surface area (Å²) >= 11 is 0. The molecule has 8 heteroatoms. The van der Waals surface area contributed by atoms with Gasteiger partial charge in [0.2, 0.25) is 0 Å². The van der Waals surface area contributed by atoms with Crippen molar-refractivity contribution in [3.05, 3.63) is 99.6 Å². The summed E-state index contributed by atoms with van der Waals surface area (Å²) in [5.74, 6) is 0.0536. The van der Waals surface area contributed by atoms with E-state index in [0.717, 1.165) is 38.4 Å².